The Morgan fingerprint density at radius 1 is 0.909 bits per heavy atom. The molecule has 0 aliphatic heterocycles. The van der Waals surface area contributed by atoms with E-state index in [1.165, 1.54) is 12.8 Å². The lowest BCUT2D eigenvalue weighted by Crippen LogP contribution is -2.44. The highest BCUT2D eigenvalue weighted by Crippen LogP contribution is 2.39. The lowest BCUT2D eigenvalue weighted by molar-refractivity contribution is -0.0810. The zero-order valence-electron chi connectivity index (χ0n) is 6.74. The van der Waals surface area contributed by atoms with Gasteiger partial charge < -0.3 is 10.2 Å². The number of hydrogen-bond acceptors (Lipinski definition) is 2. The first-order valence-electron chi connectivity index (χ1n) is 4.65. The van der Waals surface area contributed by atoms with E-state index in [1.807, 2.05) is 0 Å². The van der Waals surface area contributed by atoms with Gasteiger partial charge in [0, 0.05) is 5.92 Å². The molecule has 64 valence electrons. The van der Waals surface area contributed by atoms with Crippen LogP contribution in [0.25, 0.3) is 0 Å². The van der Waals surface area contributed by atoms with Gasteiger partial charge in [0.05, 0.1) is 12.2 Å². The van der Waals surface area contributed by atoms with Gasteiger partial charge in [0.25, 0.3) is 0 Å². The number of aliphatic hydroxyl groups is 2. The monoisotopic (exact) mass is 156 g/mol. The largest absolute Gasteiger partial charge is 0.393 e. The molecule has 0 saturated heterocycles. The average Bonchev–Trinajstić information content (AvgIpc) is 1.98. The van der Waals surface area contributed by atoms with Gasteiger partial charge in [0.15, 0.2) is 0 Å². The van der Waals surface area contributed by atoms with Crippen LogP contribution in [0, 0.1) is 11.8 Å². The Bertz CT molecular complexity index is 146. The molecule has 2 N–H and O–H groups in total. The maximum absolute atomic E-state index is 9.70. The molecule has 4 atom stereocenters. The van der Waals surface area contributed by atoms with E-state index in [0.29, 0.717) is 5.92 Å². The first-order valence-corrected chi connectivity index (χ1v) is 4.65. The van der Waals surface area contributed by atoms with Crippen molar-refractivity contribution >= 4 is 0 Å². The van der Waals surface area contributed by atoms with E-state index in [0.717, 1.165) is 19.3 Å². The topological polar surface area (TPSA) is 40.5 Å². The number of aliphatic hydroxyl groups excluding tert-OH is 2. The minimum absolute atomic E-state index is 0.197. The van der Waals surface area contributed by atoms with Gasteiger partial charge in [-0.1, -0.05) is 6.42 Å². The van der Waals surface area contributed by atoms with E-state index >= 15 is 0 Å². The van der Waals surface area contributed by atoms with Crippen molar-refractivity contribution in [3.05, 3.63) is 0 Å². The summed E-state index contributed by atoms with van der Waals surface area (Å²) in [5.41, 5.74) is 0. The van der Waals surface area contributed by atoms with Crippen molar-refractivity contribution in [2.24, 2.45) is 11.8 Å². The third-order valence-electron chi connectivity index (χ3n) is 3.36. The van der Waals surface area contributed by atoms with Gasteiger partial charge in [-0.15, -0.1) is 0 Å². The van der Waals surface area contributed by atoms with E-state index in [2.05, 4.69) is 0 Å². The summed E-state index contributed by atoms with van der Waals surface area (Å²) >= 11 is 0. The molecule has 0 amide bonds. The molecule has 2 bridgehead atoms. The minimum atomic E-state index is -0.221. The smallest absolute Gasteiger partial charge is 0.0621 e. The lowest BCUT2D eigenvalue weighted by Gasteiger charge is -2.42. The first-order chi connectivity index (χ1) is 5.29. The van der Waals surface area contributed by atoms with E-state index in [9.17, 15) is 10.2 Å². The van der Waals surface area contributed by atoms with Crippen LogP contribution in [-0.4, -0.2) is 22.4 Å². The summed E-state index contributed by atoms with van der Waals surface area (Å²) in [6.45, 7) is 0. The van der Waals surface area contributed by atoms with Crippen LogP contribution in [0.15, 0.2) is 0 Å². The molecule has 0 heterocycles. The molecule has 0 radical (unpaired) electrons. The molecule has 2 aliphatic rings. The molecular weight excluding hydrogens is 140 g/mol. The van der Waals surface area contributed by atoms with Gasteiger partial charge in [-0.25, -0.2) is 0 Å². The molecule has 2 fully saturated rings. The Balaban J connectivity index is 2.09. The average molecular weight is 156 g/mol. The summed E-state index contributed by atoms with van der Waals surface area (Å²) in [7, 11) is 0. The second-order valence-electron chi connectivity index (χ2n) is 3.99. The summed E-state index contributed by atoms with van der Waals surface area (Å²) < 4.78 is 0. The zero-order chi connectivity index (χ0) is 7.84. The Hall–Kier alpha value is -0.0800. The summed E-state index contributed by atoms with van der Waals surface area (Å²) in [5, 5.41) is 19.2. The fraction of sp³-hybridized carbons (Fsp3) is 1.00. The Morgan fingerprint density at radius 2 is 1.73 bits per heavy atom. The van der Waals surface area contributed by atoms with Crippen LogP contribution in [0.4, 0.5) is 0 Å². The molecule has 0 aromatic carbocycles. The standard InChI is InChI=1S/C9H16O2/c10-8-5-4-6-2-1-3-7(8)9(6)11/h6-11H,1-5H2/t6-,7+,8+,9-/m0/s1. The van der Waals surface area contributed by atoms with E-state index in [1.54, 1.807) is 0 Å². The van der Waals surface area contributed by atoms with Crippen LogP contribution in [0.2, 0.25) is 0 Å². The molecule has 2 saturated carbocycles. The van der Waals surface area contributed by atoms with Gasteiger partial charge in [0.2, 0.25) is 0 Å². The fourth-order valence-electron chi connectivity index (χ4n) is 2.64. The van der Waals surface area contributed by atoms with Crippen LogP contribution in [-0.2, 0) is 0 Å². The Kier molecular flexibility index (Phi) is 1.90. The maximum atomic E-state index is 9.70. The molecule has 0 unspecified atom stereocenters. The van der Waals surface area contributed by atoms with Gasteiger partial charge in [-0.05, 0) is 31.6 Å². The number of fused-ring (bicyclic) bond motifs is 2. The highest BCUT2D eigenvalue weighted by atomic mass is 16.3. The highest BCUT2D eigenvalue weighted by molar-refractivity contribution is 4.90. The van der Waals surface area contributed by atoms with Crippen molar-refractivity contribution in [2.75, 3.05) is 0 Å². The predicted molar refractivity (Wildman–Crippen MR) is 42.1 cm³/mol. The third-order valence-corrected chi connectivity index (χ3v) is 3.36. The minimum Gasteiger partial charge on any atom is -0.393 e. The molecular formula is C9H16O2. The number of hydrogen-bond donors (Lipinski definition) is 2. The van der Waals surface area contributed by atoms with Crippen molar-refractivity contribution < 1.29 is 10.2 Å². The van der Waals surface area contributed by atoms with E-state index in [-0.39, 0.29) is 18.1 Å². The van der Waals surface area contributed by atoms with Crippen LogP contribution in [0.5, 0.6) is 0 Å². The lowest BCUT2D eigenvalue weighted by atomic mass is 9.69. The quantitative estimate of drug-likeness (QED) is 0.547. The zero-order valence-corrected chi connectivity index (χ0v) is 6.74. The van der Waals surface area contributed by atoms with E-state index in [4.69, 9.17) is 0 Å². The second kappa shape index (κ2) is 2.76. The van der Waals surface area contributed by atoms with E-state index < -0.39 is 0 Å². The molecule has 0 aromatic rings. The highest BCUT2D eigenvalue weighted by Gasteiger charge is 2.39. The van der Waals surface area contributed by atoms with Crippen molar-refractivity contribution in [1.29, 1.82) is 0 Å². The van der Waals surface area contributed by atoms with Crippen molar-refractivity contribution in [3.63, 3.8) is 0 Å². The molecule has 0 aromatic heterocycles. The molecule has 2 nitrogen and oxygen atoms in total. The molecule has 0 spiro atoms. The second-order valence-corrected chi connectivity index (χ2v) is 3.99. The van der Waals surface area contributed by atoms with Crippen LogP contribution in [0.1, 0.15) is 32.1 Å². The van der Waals surface area contributed by atoms with Crippen molar-refractivity contribution in [2.45, 2.75) is 44.3 Å². The number of rotatable bonds is 0. The van der Waals surface area contributed by atoms with Crippen molar-refractivity contribution in [1.82, 2.24) is 0 Å². The SMILES string of the molecule is O[C@H]1[C@H]2CCC[C@@H]1[C@H](O)CC2. The summed E-state index contributed by atoms with van der Waals surface area (Å²) in [4.78, 5) is 0. The van der Waals surface area contributed by atoms with Gasteiger partial charge in [0.1, 0.15) is 0 Å². The summed E-state index contributed by atoms with van der Waals surface area (Å²) in [6.07, 6.45) is 4.91. The summed E-state index contributed by atoms with van der Waals surface area (Å²) in [5.74, 6) is 0.694. The Labute approximate surface area is 67.2 Å². The Morgan fingerprint density at radius 3 is 2.45 bits per heavy atom. The molecule has 2 aliphatic carbocycles. The van der Waals surface area contributed by atoms with Crippen LogP contribution in [0.3, 0.4) is 0 Å². The van der Waals surface area contributed by atoms with Crippen LogP contribution >= 0.6 is 0 Å². The molecule has 2 rings (SSSR count). The van der Waals surface area contributed by atoms with Crippen LogP contribution < -0.4 is 0 Å². The molecule has 11 heavy (non-hydrogen) atoms. The van der Waals surface area contributed by atoms with Gasteiger partial charge >= 0.3 is 0 Å². The third kappa shape index (κ3) is 1.18. The van der Waals surface area contributed by atoms with Gasteiger partial charge in [-0.3, -0.25) is 0 Å². The summed E-state index contributed by atoms with van der Waals surface area (Å²) in [6, 6.07) is 0. The molecule has 2 heteroatoms. The maximum Gasteiger partial charge on any atom is 0.0621 e. The predicted octanol–water partition coefficient (Wildman–Crippen LogP) is 0.918. The fourth-order valence-corrected chi connectivity index (χ4v) is 2.64. The normalized spacial score (nSPS) is 50.7. The van der Waals surface area contributed by atoms with Gasteiger partial charge in [-0.2, -0.15) is 0 Å². The first kappa shape index (κ1) is 7.56. The van der Waals surface area contributed by atoms with Crippen molar-refractivity contribution in [3.8, 4) is 0 Å².